The molecule has 1 atom stereocenters. The third kappa shape index (κ3) is 5.50. The molecule has 3 aromatic rings. The van der Waals surface area contributed by atoms with E-state index in [9.17, 15) is 10.1 Å². The third-order valence-electron chi connectivity index (χ3n) is 9.36. The number of aryl methyl sites for hydroxylation is 1. The molecule has 44 heavy (non-hydrogen) atoms. The van der Waals surface area contributed by atoms with Crippen LogP contribution in [0.25, 0.3) is 11.5 Å². The summed E-state index contributed by atoms with van der Waals surface area (Å²) in [5.41, 5.74) is 8.75. The van der Waals surface area contributed by atoms with Gasteiger partial charge in [0.15, 0.2) is 0 Å². The van der Waals surface area contributed by atoms with Gasteiger partial charge in [-0.05, 0) is 38.3 Å². The summed E-state index contributed by atoms with van der Waals surface area (Å²) in [7, 11) is 6.76. The van der Waals surface area contributed by atoms with Crippen molar-refractivity contribution in [3.8, 4) is 17.6 Å². The van der Waals surface area contributed by atoms with E-state index in [-0.39, 0.29) is 11.1 Å². The zero-order chi connectivity index (χ0) is 31.2. The summed E-state index contributed by atoms with van der Waals surface area (Å²) in [6.45, 7) is 12.0. The van der Waals surface area contributed by atoms with Crippen LogP contribution in [0.4, 0.5) is 16.5 Å². The minimum Gasteiger partial charge on any atom is -0.389 e. The second-order valence-corrected chi connectivity index (χ2v) is 14.2. The van der Waals surface area contributed by atoms with E-state index in [4.69, 9.17) is 20.2 Å². The molecule has 226 valence electrons. The van der Waals surface area contributed by atoms with E-state index in [0.29, 0.717) is 54.2 Å². The summed E-state index contributed by atoms with van der Waals surface area (Å²) in [5, 5.41) is 15.0. The molecule has 5 heterocycles. The highest BCUT2D eigenvalue weighted by Crippen LogP contribution is 2.48. The number of hydrogen-bond donors (Lipinski definition) is 1. The second kappa shape index (κ2) is 11.6. The number of nitrogens with zero attached hydrogens (tertiary/aromatic N) is 8. The van der Waals surface area contributed by atoms with Crippen molar-refractivity contribution >= 4 is 57.3 Å². The van der Waals surface area contributed by atoms with Gasteiger partial charge in [0.1, 0.15) is 46.1 Å². The van der Waals surface area contributed by atoms with Gasteiger partial charge in [0.2, 0.25) is 17.6 Å². The lowest BCUT2D eigenvalue weighted by atomic mass is 9.48. The molecule has 1 aliphatic carbocycles. The van der Waals surface area contributed by atoms with Crippen molar-refractivity contribution in [3.63, 3.8) is 0 Å². The average molecular weight is 609 g/mol. The first kappa shape index (κ1) is 30.3. The number of rotatable bonds is 6. The summed E-state index contributed by atoms with van der Waals surface area (Å²) >= 11 is 1.49. The van der Waals surface area contributed by atoms with Crippen LogP contribution in [0.5, 0.6) is 0 Å². The zero-order valence-corrected chi connectivity index (χ0v) is 26.9. The number of aromatic nitrogens is 3. The van der Waals surface area contributed by atoms with Gasteiger partial charge in [0.25, 0.3) is 0 Å². The number of thiophene rings is 1. The smallest absolute Gasteiger partial charge is 0.246 e. The van der Waals surface area contributed by atoms with E-state index in [1.54, 1.807) is 0 Å². The van der Waals surface area contributed by atoms with Gasteiger partial charge in [-0.2, -0.15) is 10.2 Å². The Morgan fingerprint density at radius 3 is 2.50 bits per heavy atom. The first-order valence-corrected chi connectivity index (χ1v) is 16.2. The minimum atomic E-state index is -0.601. The highest BCUT2D eigenvalue weighted by Gasteiger charge is 2.43. The van der Waals surface area contributed by atoms with Crippen LogP contribution < -0.4 is 15.5 Å². The van der Waals surface area contributed by atoms with Gasteiger partial charge in [-0.1, -0.05) is 17.0 Å². The van der Waals surface area contributed by atoms with E-state index < -0.39 is 5.41 Å². The average Bonchev–Trinajstić information content (AvgIpc) is 3.66. The van der Waals surface area contributed by atoms with Crippen molar-refractivity contribution in [3.05, 3.63) is 46.7 Å². The summed E-state index contributed by atoms with van der Waals surface area (Å²) < 4.78 is 5.97. The second-order valence-electron chi connectivity index (χ2n) is 13.1. The van der Waals surface area contributed by atoms with Crippen LogP contribution in [0, 0.1) is 11.3 Å². The molecule has 3 aromatic heterocycles. The molecule has 11 nitrogen and oxygen atoms in total. The lowest BCUT2D eigenvalue weighted by molar-refractivity contribution is -0.126. The number of carbonyl (C=O) groups is 1. The number of fused-ring (bicyclic) bond motifs is 1. The highest BCUT2D eigenvalue weighted by atomic mass is 32.1. The number of amides is 1. The van der Waals surface area contributed by atoms with Gasteiger partial charge in [0.05, 0.1) is 11.0 Å². The molecule has 0 bridgehead atoms. The number of nitrogen functional groups attached to an aromatic ring is 1. The monoisotopic (exact) mass is 609 g/mol. The SMILES string of the molecule is BC(B)(B)N1CCN(c2cc(N3CCN(C(=O)C=C)CC3)cc(-c3noc(C4(C)CCCc5sc(N)c(C#N)c54)n3)n2)CC1. The van der Waals surface area contributed by atoms with E-state index in [0.717, 1.165) is 67.4 Å². The quantitative estimate of drug-likeness (QED) is 0.295. The van der Waals surface area contributed by atoms with Gasteiger partial charge in [-0.3, -0.25) is 4.79 Å². The summed E-state index contributed by atoms with van der Waals surface area (Å²) in [6, 6.07) is 6.48. The van der Waals surface area contributed by atoms with Gasteiger partial charge in [0, 0.05) is 74.6 Å². The van der Waals surface area contributed by atoms with Crippen molar-refractivity contribution in [2.45, 2.75) is 36.8 Å². The van der Waals surface area contributed by atoms with E-state index >= 15 is 0 Å². The molecule has 15 heteroatoms. The molecule has 1 amide bonds. The lowest BCUT2D eigenvalue weighted by Gasteiger charge is -2.43. The molecule has 1 unspecified atom stereocenters. The van der Waals surface area contributed by atoms with E-state index in [1.807, 2.05) is 11.0 Å². The minimum absolute atomic E-state index is 0.0388. The van der Waals surface area contributed by atoms with Crippen LogP contribution in [0.3, 0.4) is 0 Å². The van der Waals surface area contributed by atoms with Crippen LogP contribution in [0.15, 0.2) is 29.3 Å². The van der Waals surface area contributed by atoms with Crippen LogP contribution in [0.1, 0.15) is 41.7 Å². The fourth-order valence-electron chi connectivity index (χ4n) is 6.74. The van der Waals surface area contributed by atoms with Crippen LogP contribution in [-0.2, 0) is 16.6 Å². The fraction of sp³-hybridized carbons (Fsp3) is 0.483. The third-order valence-corrected chi connectivity index (χ3v) is 10.4. The number of nitrogens with two attached hydrogens (primary N) is 1. The van der Waals surface area contributed by atoms with E-state index in [1.165, 1.54) is 17.4 Å². The molecule has 2 saturated heterocycles. The Morgan fingerprint density at radius 2 is 1.84 bits per heavy atom. The summed E-state index contributed by atoms with van der Waals surface area (Å²) in [6.07, 6.45) is 4.01. The Morgan fingerprint density at radius 1 is 1.14 bits per heavy atom. The Labute approximate surface area is 265 Å². The molecule has 6 rings (SSSR count). The van der Waals surface area contributed by atoms with Crippen molar-refractivity contribution in [1.29, 1.82) is 5.26 Å². The molecule has 0 radical (unpaired) electrons. The van der Waals surface area contributed by atoms with Crippen LogP contribution in [-0.4, -0.2) is 112 Å². The molecule has 2 fully saturated rings. The highest BCUT2D eigenvalue weighted by molar-refractivity contribution is 7.16. The first-order chi connectivity index (χ1) is 21.0. The molecule has 0 spiro atoms. The zero-order valence-electron chi connectivity index (χ0n) is 26.1. The molecule has 0 saturated carbocycles. The van der Waals surface area contributed by atoms with Gasteiger partial charge >= 0.3 is 0 Å². The molecular weight excluding hydrogens is 571 g/mol. The molecule has 3 aliphatic rings. The molecule has 2 aliphatic heterocycles. The van der Waals surface area contributed by atoms with Crippen molar-refractivity contribution in [2.24, 2.45) is 0 Å². The number of carbonyl (C=O) groups excluding carboxylic acids is 1. The molecular formula is C29H38B3N9O2S. The van der Waals surface area contributed by atoms with Gasteiger partial charge in [-0.15, -0.1) is 11.3 Å². The lowest BCUT2D eigenvalue weighted by Crippen LogP contribution is -2.58. The normalized spacial score (nSPS) is 21.1. The van der Waals surface area contributed by atoms with E-state index in [2.05, 4.69) is 69.0 Å². The van der Waals surface area contributed by atoms with Crippen molar-refractivity contribution < 1.29 is 9.32 Å². The van der Waals surface area contributed by atoms with Crippen molar-refractivity contribution in [1.82, 2.24) is 24.9 Å². The number of hydrogen-bond acceptors (Lipinski definition) is 11. The fourth-order valence-corrected chi connectivity index (χ4v) is 7.93. The number of nitriles is 1. The Balaban J connectivity index is 1.34. The first-order valence-electron chi connectivity index (χ1n) is 15.4. The topological polar surface area (TPSA) is 132 Å². The maximum atomic E-state index is 12.2. The molecule has 0 aromatic carbocycles. The largest absolute Gasteiger partial charge is 0.389 e. The van der Waals surface area contributed by atoms with Crippen molar-refractivity contribution in [2.75, 3.05) is 67.9 Å². The standard InChI is InChI=1S/C29H38B3N9O2S/c1-3-23(42)40-9-7-38(8-10-40)18-15-20(35-22(16-18)39-11-13-41(14-12-39)29(30,31)32)26-36-27(43-37-26)28(2)6-4-5-21-24(28)19(17-33)25(34)44-21/h3,15-16H,1,4-14,30-32,34H2,2H3. The summed E-state index contributed by atoms with van der Waals surface area (Å²) in [5.74, 6) is 1.74. The van der Waals surface area contributed by atoms with Gasteiger partial charge in [-0.25, -0.2) is 4.98 Å². The van der Waals surface area contributed by atoms with Gasteiger partial charge < -0.3 is 29.9 Å². The Hall–Kier alpha value is -3.76. The number of pyridine rings is 1. The summed E-state index contributed by atoms with van der Waals surface area (Å²) in [4.78, 5) is 32.3. The maximum Gasteiger partial charge on any atom is 0.246 e. The Bertz CT molecular complexity index is 1610. The Kier molecular flexibility index (Phi) is 8.01. The van der Waals surface area contributed by atoms with Crippen LogP contribution >= 0.6 is 11.3 Å². The number of anilines is 3. The molecule has 2 N–H and O–H groups in total. The van der Waals surface area contributed by atoms with Crippen LogP contribution in [0.2, 0.25) is 0 Å². The predicted molar refractivity (Wildman–Crippen MR) is 182 cm³/mol. The number of piperazine rings is 2. The maximum absolute atomic E-state index is 12.2. The predicted octanol–water partition coefficient (Wildman–Crippen LogP) is -0.244.